The van der Waals surface area contributed by atoms with E-state index in [0.717, 1.165) is 0 Å². The number of hydrogen-bond donors (Lipinski definition) is 0. The van der Waals surface area contributed by atoms with E-state index in [1.165, 1.54) is 53.5 Å². The van der Waals surface area contributed by atoms with E-state index in [-0.39, 0.29) is 0 Å². The normalized spacial score (nSPS) is 11.9. The van der Waals surface area contributed by atoms with Gasteiger partial charge in [0.25, 0.3) is 5.82 Å². The molecule has 0 spiro atoms. The lowest BCUT2D eigenvalue weighted by Gasteiger charge is -2.06. The Morgan fingerprint density at radius 2 is 1.63 bits per heavy atom. The van der Waals surface area contributed by atoms with Crippen molar-refractivity contribution in [1.82, 2.24) is 7.35 Å². The van der Waals surface area contributed by atoms with Crippen LogP contribution < -0.4 is 2.78 Å². The summed E-state index contributed by atoms with van der Waals surface area (Å²) in [6, 6.07) is 19.8. The Hall–Kier alpha value is -0.880. The molecule has 0 saturated heterocycles. The van der Waals surface area contributed by atoms with E-state index in [1.807, 2.05) is 0 Å². The Kier molecular flexibility index (Phi) is 4.43. The van der Waals surface area contributed by atoms with Gasteiger partial charge in [0, 0.05) is 39.0 Å². The lowest BCUT2D eigenvalue weighted by atomic mass is 10.1. The Bertz CT molecular complexity index is 1380. The highest BCUT2D eigenvalue weighted by atomic mass is 127. The third-order valence-corrected chi connectivity index (χ3v) is 8.68. The maximum Gasteiger partial charge on any atom is 0.268 e. The minimum absolute atomic E-state index is 1.22. The highest BCUT2D eigenvalue weighted by molar-refractivity contribution is 14.1. The molecule has 134 valence electrons. The molecule has 5 rings (SSSR count). The van der Waals surface area contributed by atoms with Gasteiger partial charge >= 0.3 is 0 Å². The van der Waals surface area contributed by atoms with E-state index < -0.39 is 0 Å². The monoisotopic (exact) mass is 690 g/mol. The first-order valence-corrected chi connectivity index (χ1v) is 11.6. The van der Waals surface area contributed by atoms with Crippen molar-refractivity contribution in [3.8, 4) is 5.69 Å². The number of nitrogens with zero attached hydrogens (tertiary/aromatic N) is 3. The molecular weight excluding hydrogens is 675 g/mol. The Morgan fingerprint density at radius 3 is 2.44 bits per heavy atom. The summed E-state index contributed by atoms with van der Waals surface area (Å²) in [5, 5.41) is 2.60. The zero-order valence-corrected chi connectivity index (χ0v) is 21.1. The molecule has 0 saturated carbocycles. The van der Waals surface area contributed by atoms with E-state index >= 15 is 0 Å². The summed E-state index contributed by atoms with van der Waals surface area (Å²) in [7, 11) is 0. The fourth-order valence-corrected chi connectivity index (χ4v) is 5.77. The SMILES string of the molecule is Cc1c(I)cccc1-n1c(C)[n+](I)c2cc3c4ccccc4n(I)c3cc21. The summed E-state index contributed by atoms with van der Waals surface area (Å²) >= 11 is 7.26. The van der Waals surface area contributed by atoms with Crippen LogP contribution in [0, 0.1) is 17.4 Å². The highest BCUT2D eigenvalue weighted by Gasteiger charge is 2.25. The number of benzene rings is 3. The highest BCUT2D eigenvalue weighted by Crippen LogP contribution is 2.35. The molecular formula is C21H15I3N3+. The number of aromatic nitrogens is 3. The predicted molar refractivity (Wildman–Crippen MR) is 137 cm³/mol. The van der Waals surface area contributed by atoms with Crippen molar-refractivity contribution in [2.24, 2.45) is 0 Å². The minimum atomic E-state index is 1.22. The lowest BCUT2D eigenvalue weighted by Crippen LogP contribution is -2.22. The Balaban J connectivity index is 1.97. The fraction of sp³-hybridized carbons (Fsp3) is 0.0952. The molecule has 0 aliphatic heterocycles. The molecule has 2 aromatic heterocycles. The van der Waals surface area contributed by atoms with Crippen LogP contribution in [0.5, 0.6) is 0 Å². The van der Waals surface area contributed by atoms with Gasteiger partial charge in [-0.15, -0.1) is 0 Å². The smallest absolute Gasteiger partial charge is 0.268 e. The Labute approximate surface area is 198 Å². The van der Waals surface area contributed by atoms with Crippen molar-refractivity contribution in [3.63, 3.8) is 0 Å². The Morgan fingerprint density at radius 1 is 0.852 bits per heavy atom. The van der Waals surface area contributed by atoms with Gasteiger partial charge < -0.3 is 0 Å². The maximum atomic E-state index is 2.42. The largest absolute Gasteiger partial charge is 0.282 e. The first-order chi connectivity index (χ1) is 13.0. The van der Waals surface area contributed by atoms with Gasteiger partial charge in [-0.1, -0.05) is 24.3 Å². The second-order valence-electron chi connectivity index (χ2n) is 6.70. The summed E-state index contributed by atoms with van der Waals surface area (Å²) in [6.45, 7) is 4.39. The summed E-state index contributed by atoms with van der Waals surface area (Å²) in [6.07, 6.45) is 0. The van der Waals surface area contributed by atoms with Gasteiger partial charge in [-0.05, 0) is 47.7 Å². The molecule has 6 heteroatoms. The number of rotatable bonds is 1. The summed E-state index contributed by atoms with van der Waals surface area (Å²) in [5.41, 5.74) is 7.55. The van der Waals surface area contributed by atoms with Crippen LogP contribution in [0.25, 0.3) is 38.5 Å². The molecule has 0 atom stereocenters. The fourth-order valence-electron chi connectivity index (χ4n) is 3.86. The first-order valence-electron chi connectivity index (χ1n) is 8.57. The number of hydrogen-bond acceptors (Lipinski definition) is 0. The number of fused-ring (bicyclic) bond motifs is 4. The van der Waals surface area contributed by atoms with E-state index in [2.05, 4.69) is 147 Å². The third kappa shape index (κ3) is 2.58. The van der Waals surface area contributed by atoms with Crippen molar-refractivity contribution in [2.75, 3.05) is 0 Å². The number of imidazole rings is 1. The van der Waals surface area contributed by atoms with Crippen LogP contribution in [0.4, 0.5) is 0 Å². The third-order valence-electron chi connectivity index (χ3n) is 5.25. The zero-order valence-electron chi connectivity index (χ0n) is 14.7. The lowest BCUT2D eigenvalue weighted by molar-refractivity contribution is -0.418. The van der Waals surface area contributed by atoms with E-state index in [0.29, 0.717) is 0 Å². The van der Waals surface area contributed by atoms with Crippen LogP contribution in [0.2, 0.25) is 0 Å². The van der Waals surface area contributed by atoms with Crippen molar-refractivity contribution in [2.45, 2.75) is 13.8 Å². The van der Waals surface area contributed by atoms with Gasteiger partial charge in [0.15, 0.2) is 11.0 Å². The standard InChI is InChI=1S/C21H15I3N3/c1-12-16(22)7-5-9-17(12)25-13(2)26(23)21-10-15-14-6-3-4-8-18(14)27(24)19(15)11-20(21)25/h3-11H,1-2H3/q+1. The van der Waals surface area contributed by atoms with Crippen LogP contribution in [0.15, 0.2) is 54.6 Å². The predicted octanol–water partition coefficient (Wildman–Crippen LogP) is 6.64. The van der Waals surface area contributed by atoms with Gasteiger partial charge in [0.05, 0.1) is 33.9 Å². The molecule has 3 nitrogen and oxygen atoms in total. The molecule has 0 aliphatic rings. The van der Waals surface area contributed by atoms with Crippen molar-refractivity contribution < 1.29 is 2.78 Å². The summed E-state index contributed by atoms with van der Waals surface area (Å²) < 4.78 is 8.21. The average Bonchev–Trinajstić information content (AvgIpc) is 3.09. The average molecular weight is 690 g/mol. The molecule has 2 heterocycles. The zero-order chi connectivity index (χ0) is 18.9. The number of para-hydroxylation sites is 1. The summed E-state index contributed by atoms with van der Waals surface area (Å²) in [4.78, 5) is 0. The van der Waals surface area contributed by atoms with Gasteiger partial charge in [0.1, 0.15) is 5.69 Å². The molecule has 0 amide bonds. The van der Waals surface area contributed by atoms with Crippen LogP contribution in [-0.2, 0) is 0 Å². The molecule has 27 heavy (non-hydrogen) atoms. The van der Waals surface area contributed by atoms with Gasteiger partial charge in [-0.2, -0.15) is 7.35 Å². The maximum absolute atomic E-state index is 2.42. The quantitative estimate of drug-likeness (QED) is 0.175. The van der Waals surface area contributed by atoms with Crippen LogP contribution in [0.1, 0.15) is 11.4 Å². The topological polar surface area (TPSA) is 13.7 Å². The summed E-state index contributed by atoms with van der Waals surface area (Å²) in [5.74, 6) is 1.22. The molecule has 0 N–H and O–H groups in total. The second-order valence-corrected chi connectivity index (χ2v) is 9.80. The van der Waals surface area contributed by atoms with Gasteiger partial charge in [-0.3, -0.25) is 2.78 Å². The van der Waals surface area contributed by atoms with Gasteiger partial charge in [0.2, 0.25) is 22.9 Å². The molecule has 0 aliphatic carbocycles. The minimum Gasteiger partial charge on any atom is -0.282 e. The number of halogens is 3. The van der Waals surface area contributed by atoms with Gasteiger partial charge in [-0.25, -0.2) is 0 Å². The first kappa shape index (κ1) is 18.2. The van der Waals surface area contributed by atoms with Crippen LogP contribution in [0.3, 0.4) is 0 Å². The molecule has 0 unspecified atom stereocenters. The van der Waals surface area contributed by atoms with E-state index in [4.69, 9.17) is 0 Å². The van der Waals surface area contributed by atoms with E-state index in [1.54, 1.807) is 0 Å². The van der Waals surface area contributed by atoms with Crippen molar-refractivity contribution >= 4 is 101 Å². The molecule has 0 bridgehead atoms. The molecule has 0 fully saturated rings. The molecule has 0 radical (unpaired) electrons. The van der Waals surface area contributed by atoms with Crippen molar-refractivity contribution in [1.29, 1.82) is 0 Å². The van der Waals surface area contributed by atoms with Crippen LogP contribution >= 0.6 is 68.3 Å². The van der Waals surface area contributed by atoms with Crippen molar-refractivity contribution in [3.05, 3.63) is 69.6 Å². The molecule has 5 aromatic rings. The molecule has 3 aromatic carbocycles. The van der Waals surface area contributed by atoms with E-state index in [9.17, 15) is 0 Å². The second kappa shape index (κ2) is 6.58. The van der Waals surface area contributed by atoms with Crippen LogP contribution in [-0.4, -0.2) is 7.35 Å².